The molecule has 132 valence electrons. The van der Waals surface area contributed by atoms with Gasteiger partial charge >= 0.3 is 5.69 Å². The van der Waals surface area contributed by atoms with Gasteiger partial charge in [0, 0.05) is 23.4 Å². The van der Waals surface area contributed by atoms with Crippen LogP contribution in [-0.2, 0) is 6.54 Å². The van der Waals surface area contributed by atoms with Crippen LogP contribution in [0.25, 0.3) is 22.3 Å². The number of aromatic amines is 1. The van der Waals surface area contributed by atoms with Crippen molar-refractivity contribution in [2.45, 2.75) is 20.4 Å². The van der Waals surface area contributed by atoms with E-state index < -0.39 is 0 Å². The number of hydrogen-bond donors (Lipinski definition) is 1. The van der Waals surface area contributed by atoms with Crippen molar-refractivity contribution in [3.63, 3.8) is 0 Å². The molecule has 1 N–H and O–H groups in total. The number of nitrogens with zero attached hydrogens (tertiary/aromatic N) is 3. The Morgan fingerprint density at radius 1 is 1.27 bits per heavy atom. The molecule has 4 aromatic rings. The monoisotopic (exact) mass is 350 g/mol. The Bertz CT molecular complexity index is 1120. The lowest BCUT2D eigenvalue weighted by molar-refractivity contribution is 0.341. The minimum Gasteiger partial charge on any atom is -0.493 e. The van der Waals surface area contributed by atoms with Gasteiger partial charge < -0.3 is 9.26 Å². The molecule has 1 aromatic carbocycles. The van der Waals surface area contributed by atoms with Crippen LogP contribution in [0.5, 0.6) is 5.75 Å². The number of aryl methyl sites for hydroxylation is 1. The summed E-state index contributed by atoms with van der Waals surface area (Å²) in [4.78, 5) is 19.5. The number of rotatable bonds is 5. The number of para-hydroxylation sites is 1. The third kappa shape index (κ3) is 2.88. The molecule has 0 aliphatic carbocycles. The molecule has 0 amide bonds. The average molecular weight is 350 g/mol. The number of imidazole rings is 1. The van der Waals surface area contributed by atoms with E-state index >= 15 is 0 Å². The maximum atomic E-state index is 12.4. The highest BCUT2D eigenvalue weighted by atomic mass is 16.5. The zero-order valence-electron chi connectivity index (χ0n) is 14.5. The molecule has 7 nitrogen and oxygen atoms in total. The number of aromatic nitrogens is 4. The van der Waals surface area contributed by atoms with Gasteiger partial charge in [-0.25, -0.2) is 9.78 Å². The van der Waals surface area contributed by atoms with Crippen molar-refractivity contribution in [1.82, 2.24) is 19.7 Å². The van der Waals surface area contributed by atoms with Crippen molar-refractivity contribution in [2.75, 3.05) is 6.61 Å². The number of fused-ring (bicyclic) bond motifs is 1. The van der Waals surface area contributed by atoms with Gasteiger partial charge in [-0.15, -0.1) is 0 Å². The summed E-state index contributed by atoms with van der Waals surface area (Å²) >= 11 is 0. The van der Waals surface area contributed by atoms with Crippen LogP contribution in [0.1, 0.15) is 18.4 Å². The van der Waals surface area contributed by atoms with Gasteiger partial charge in [0.15, 0.2) is 5.65 Å². The molecule has 0 aliphatic heterocycles. The molecule has 0 atom stereocenters. The SMILES string of the molecule is CCOc1ccccc1-c1cnc2[nH]c(=O)n(Cc3cc(C)on3)c2c1. The van der Waals surface area contributed by atoms with Crippen molar-refractivity contribution in [3.05, 3.63) is 64.5 Å². The number of benzene rings is 1. The quantitative estimate of drug-likeness (QED) is 0.597. The van der Waals surface area contributed by atoms with Crippen LogP contribution >= 0.6 is 0 Å². The zero-order valence-corrected chi connectivity index (χ0v) is 14.5. The summed E-state index contributed by atoms with van der Waals surface area (Å²) in [7, 11) is 0. The van der Waals surface area contributed by atoms with Gasteiger partial charge in [-0.05, 0) is 26.0 Å². The van der Waals surface area contributed by atoms with Crippen molar-refractivity contribution < 1.29 is 9.26 Å². The number of pyridine rings is 1. The molecule has 7 heteroatoms. The maximum Gasteiger partial charge on any atom is 0.328 e. The van der Waals surface area contributed by atoms with E-state index in [0.29, 0.717) is 35.8 Å². The van der Waals surface area contributed by atoms with Crippen molar-refractivity contribution >= 4 is 11.2 Å². The number of hydrogen-bond acceptors (Lipinski definition) is 5. The second kappa shape index (κ2) is 6.51. The summed E-state index contributed by atoms with van der Waals surface area (Å²) in [5.74, 6) is 1.49. The molecule has 0 bridgehead atoms. The summed E-state index contributed by atoms with van der Waals surface area (Å²) < 4.78 is 12.4. The molecule has 0 aliphatic rings. The van der Waals surface area contributed by atoms with Crippen LogP contribution in [0, 0.1) is 6.92 Å². The van der Waals surface area contributed by atoms with Gasteiger partial charge in [-0.3, -0.25) is 9.55 Å². The van der Waals surface area contributed by atoms with Gasteiger partial charge in [-0.2, -0.15) is 0 Å². The highest BCUT2D eigenvalue weighted by molar-refractivity contribution is 5.80. The molecular weight excluding hydrogens is 332 g/mol. The molecule has 0 fully saturated rings. The third-order valence-electron chi connectivity index (χ3n) is 4.12. The van der Waals surface area contributed by atoms with Crippen molar-refractivity contribution in [2.24, 2.45) is 0 Å². The first-order chi connectivity index (χ1) is 12.7. The lowest BCUT2D eigenvalue weighted by atomic mass is 10.1. The van der Waals surface area contributed by atoms with E-state index in [9.17, 15) is 4.79 Å². The molecule has 0 saturated heterocycles. The van der Waals surface area contributed by atoms with Gasteiger partial charge in [-0.1, -0.05) is 23.4 Å². The first kappa shape index (κ1) is 16.1. The Labute approximate surface area is 149 Å². The first-order valence-electron chi connectivity index (χ1n) is 8.38. The highest BCUT2D eigenvalue weighted by Crippen LogP contribution is 2.30. The predicted octanol–water partition coefficient (Wildman–Crippen LogP) is 3.14. The number of H-pyrrole nitrogens is 1. The Balaban J connectivity index is 1.82. The van der Waals surface area contributed by atoms with Crippen LogP contribution in [0.3, 0.4) is 0 Å². The third-order valence-corrected chi connectivity index (χ3v) is 4.12. The number of nitrogens with one attached hydrogen (secondary N) is 1. The van der Waals surface area contributed by atoms with Gasteiger partial charge in [0.1, 0.15) is 17.2 Å². The maximum absolute atomic E-state index is 12.4. The second-order valence-electron chi connectivity index (χ2n) is 5.97. The molecule has 26 heavy (non-hydrogen) atoms. The average Bonchev–Trinajstić information content (AvgIpc) is 3.19. The molecule has 3 aromatic heterocycles. The van der Waals surface area contributed by atoms with E-state index in [1.807, 2.05) is 50.2 Å². The first-order valence-corrected chi connectivity index (χ1v) is 8.38. The van der Waals surface area contributed by atoms with Crippen molar-refractivity contribution in [1.29, 1.82) is 0 Å². The fraction of sp³-hybridized carbons (Fsp3) is 0.211. The van der Waals surface area contributed by atoms with Gasteiger partial charge in [0.25, 0.3) is 0 Å². The van der Waals surface area contributed by atoms with Crippen LogP contribution < -0.4 is 10.4 Å². The Morgan fingerprint density at radius 3 is 2.88 bits per heavy atom. The largest absolute Gasteiger partial charge is 0.493 e. The lowest BCUT2D eigenvalue weighted by Gasteiger charge is -2.10. The summed E-state index contributed by atoms with van der Waals surface area (Å²) in [6, 6.07) is 11.5. The molecule has 0 radical (unpaired) electrons. The van der Waals surface area contributed by atoms with Crippen LogP contribution in [0.4, 0.5) is 0 Å². The minimum absolute atomic E-state index is 0.233. The smallest absolute Gasteiger partial charge is 0.328 e. The Kier molecular flexibility index (Phi) is 4.04. The fourth-order valence-corrected chi connectivity index (χ4v) is 2.98. The molecular formula is C19H18N4O3. The second-order valence-corrected chi connectivity index (χ2v) is 5.97. The van der Waals surface area contributed by atoms with E-state index in [4.69, 9.17) is 9.26 Å². The highest BCUT2D eigenvalue weighted by Gasteiger charge is 2.13. The molecule has 0 saturated carbocycles. The van der Waals surface area contributed by atoms with E-state index in [0.717, 1.165) is 16.9 Å². The van der Waals surface area contributed by atoms with Gasteiger partial charge in [0.05, 0.1) is 18.7 Å². The Morgan fingerprint density at radius 2 is 2.12 bits per heavy atom. The summed E-state index contributed by atoms with van der Waals surface area (Å²) in [6.07, 6.45) is 1.74. The van der Waals surface area contributed by atoms with Gasteiger partial charge in [0.2, 0.25) is 0 Å². The summed E-state index contributed by atoms with van der Waals surface area (Å²) in [5.41, 5.74) is 3.51. The van der Waals surface area contributed by atoms with E-state index in [1.54, 1.807) is 10.8 Å². The molecule has 0 unspecified atom stereocenters. The van der Waals surface area contributed by atoms with E-state index in [1.165, 1.54) is 0 Å². The Hall–Kier alpha value is -3.35. The van der Waals surface area contributed by atoms with Crippen LogP contribution in [-0.4, -0.2) is 26.3 Å². The molecule has 3 heterocycles. The predicted molar refractivity (Wildman–Crippen MR) is 97.3 cm³/mol. The molecule has 0 spiro atoms. The topological polar surface area (TPSA) is 85.9 Å². The van der Waals surface area contributed by atoms with Crippen molar-refractivity contribution in [3.8, 4) is 16.9 Å². The summed E-state index contributed by atoms with van der Waals surface area (Å²) in [5, 5.41) is 3.97. The zero-order chi connectivity index (χ0) is 18.1. The van der Waals surface area contributed by atoms with E-state index in [2.05, 4.69) is 15.1 Å². The van der Waals surface area contributed by atoms with Crippen LogP contribution in [0.15, 0.2) is 51.9 Å². The van der Waals surface area contributed by atoms with E-state index in [-0.39, 0.29) is 5.69 Å². The standard InChI is InChI=1S/C19H18N4O3/c1-3-25-17-7-5-4-6-15(17)13-9-16-18(20-10-13)21-19(24)23(16)11-14-8-12(2)26-22-14/h4-10H,3,11H2,1-2H3,(H,20,21,24). The lowest BCUT2D eigenvalue weighted by Crippen LogP contribution is -2.17. The fourth-order valence-electron chi connectivity index (χ4n) is 2.98. The number of ether oxygens (including phenoxy) is 1. The molecule has 4 rings (SSSR count). The minimum atomic E-state index is -0.233. The normalized spacial score (nSPS) is 11.2. The summed E-state index contributed by atoms with van der Waals surface area (Å²) in [6.45, 7) is 4.66. The van der Waals surface area contributed by atoms with Crippen LogP contribution in [0.2, 0.25) is 0 Å².